The number of phenols is 1. The van der Waals surface area contributed by atoms with Crippen LogP contribution in [0.5, 0.6) is 11.5 Å². The molecule has 6 rings (SSSR count). The SMILES string of the molecule is COc1ccc(-c2nc3c4ccccc4c4ccccc4c3[nH]2)cc1N=Nc1ccccc1O. The number of nitrogens with zero attached hydrogens (tertiary/aromatic N) is 3. The number of aromatic nitrogens is 2. The van der Waals surface area contributed by atoms with Crippen molar-refractivity contribution in [3.05, 3.63) is 91.0 Å². The minimum atomic E-state index is 0.0670. The van der Waals surface area contributed by atoms with Gasteiger partial charge in [0, 0.05) is 16.3 Å². The molecule has 6 heteroatoms. The van der Waals surface area contributed by atoms with Crippen molar-refractivity contribution in [1.29, 1.82) is 0 Å². The van der Waals surface area contributed by atoms with E-state index in [4.69, 9.17) is 9.72 Å². The molecule has 0 amide bonds. The number of aromatic hydroxyl groups is 1. The molecule has 0 saturated carbocycles. The molecule has 1 aromatic heterocycles. The van der Waals surface area contributed by atoms with Gasteiger partial charge >= 0.3 is 0 Å². The van der Waals surface area contributed by atoms with Gasteiger partial charge in [0.2, 0.25) is 0 Å². The van der Waals surface area contributed by atoms with Gasteiger partial charge in [-0.2, -0.15) is 0 Å². The lowest BCUT2D eigenvalue weighted by molar-refractivity contribution is 0.416. The Hall–Kier alpha value is -4.71. The molecule has 0 aliphatic carbocycles. The van der Waals surface area contributed by atoms with Gasteiger partial charge in [-0.3, -0.25) is 0 Å². The van der Waals surface area contributed by atoms with E-state index in [0.717, 1.165) is 33.2 Å². The Balaban J connectivity index is 1.52. The van der Waals surface area contributed by atoms with Gasteiger partial charge in [0.05, 0.1) is 18.1 Å². The predicted octanol–water partition coefficient (Wildman–Crippen LogP) is 7.67. The third-order valence-corrected chi connectivity index (χ3v) is 5.97. The molecule has 0 aliphatic rings. The zero-order valence-corrected chi connectivity index (χ0v) is 18.4. The summed E-state index contributed by atoms with van der Waals surface area (Å²) >= 11 is 0. The Morgan fingerprint density at radius 2 is 1.38 bits per heavy atom. The van der Waals surface area contributed by atoms with Crippen LogP contribution in [0.4, 0.5) is 11.4 Å². The standard InChI is InChI=1S/C28H20N4O2/c1-34-25-15-14-17(16-23(25)32-31-22-12-6-7-13-24(22)33)28-29-26-20-10-4-2-8-18(20)19-9-3-5-11-21(19)27(26)30-28/h2-16,33H,1H3,(H,29,30). The first kappa shape index (κ1) is 19.9. The third kappa shape index (κ3) is 3.24. The molecule has 6 nitrogen and oxygen atoms in total. The van der Waals surface area contributed by atoms with Crippen LogP contribution in [0.3, 0.4) is 0 Å². The van der Waals surface area contributed by atoms with E-state index in [0.29, 0.717) is 17.1 Å². The molecule has 0 saturated heterocycles. The molecule has 0 atom stereocenters. The Bertz CT molecular complexity index is 1650. The van der Waals surface area contributed by atoms with Gasteiger partial charge in [-0.05, 0) is 41.1 Å². The summed E-state index contributed by atoms with van der Waals surface area (Å²) in [6.07, 6.45) is 0. The maximum absolute atomic E-state index is 10.0. The number of nitrogens with one attached hydrogen (secondary N) is 1. The number of fused-ring (bicyclic) bond motifs is 6. The molecular weight excluding hydrogens is 424 g/mol. The lowest BCUT2D eigenvalue weighted by atomic mass is 10.0. The average molecular weight is 444 g/mol. The smallest absolute Gasteiger partial charge is 0.146 e. The van der Waals surface area contributed by atoms with E-state index in [1.165, 1.54) is 10.8 Å². The first-order chi connectivity index (χ1) is 16.7. The molecule has 0 bridgehead atoms. The van der Waals surface area contributed by atoms with Gasteiger partial charge in [-0.25, -0.2) is 4.98 Å². The summed E-state index contributed by atoms with van der Waals surface area (Å²) in [4.78, 5) is 8.51. The summed E-state index contributed by atoms with van der Waals surface area (Å²) in [6, 6.07) is 29.2. The fourth-order valence-corrected chi connectivity index (χ4v) is 4.33. The number of H-pyrrole nitrogens is 1. The molecule has 2 N–H and O–H groups in total. The fourth-order valence-electron chi connectivity index (χ4n) is 4.33. The molecule has 0 radical (unpaired) electrons. The van der Waals surface area contributed by atoms with Gasteiger partial charge in [-0.15, -0.1) is 10.2 Å². The van der Waals surface area contributed by atoms with Crippen LogP contribution in [0, 0.1) is 0 Å². The Morgan fingerprint density at radius 3 is 2.15 bits per heavy atom. The van der Waals surface area contributed by atoms with E-state index in [9.17, 15) is 5.11 Å². The first-order valence-corrected chi connectivity index (χ1v) is 10.9. The van der Waals surface area contributed by atoms with Crippen molar-refractivity contribution in [2.75, 3.05) is 7.11 Å². The second-order valence-electron chi connectivity index (χ2n) is 7.98. The number of ether oxygens (including phenoxy) is 1. The van der Waals surface area contributed by atoms with Gasteiger partial charge in [0.25, 0.3) is 0 Å². The van der Waals surface area contributed by atoms with Gasteiger partial charge in [-0.1, -0.05) is 60.7 Å². The van der Waals surface area contributed by atoms with Crippen molar-refractivity contribution in [1.82, 2.24) is 9.97 Å². The number of imidazole rings is 1. The highest BCUT2D eigenvalue weighted by Gasteiger charge is 2.15. The number of benzene rings is 5. The molecule has 0 spiro atoms. The largest absolute Gasteiger partial charge is 0.506 e. The van der Waals surface area contributed by atoms with Crippen LogP contribution < -0.4 is 4.74 Å². The van der Waals surface area contributed by atoms with Crippen LogP contribution in [-0.2, 0) is 0 Å². The molecule has 164 valence electrons. The molecule has 0 fully saturated rings. The summed E-state index contributed by atoms with van der Waals surface area (Å²) in [6.45, 7) is 0. The molecule has 1 heterocycles. The maximum atomic E-state index is 10.0. The van der Waals surface area contributed by atoms with Gasteiger partial charge in [0.1, 0.15) is 28.7 Å². The number of hydrogen-bond acceptors (Lipinski definition) is 5. The van der Waals surface area contributed by atoms with E-state index in [-0.39, 0.29) is 5.75 Å². The first-order valence-electron chi connectivity index (χ1n) is 10.9. The number of hydrogen-bond donors (Lipinski definition) is 2. The van der Waals surface area contributed by atoms with Crippen LogP contribution in [0.2, 0.25) is 0 Å². The van der Waals surface area contributed by atoms with Crippen LogP contribution in [0.15, 0.2) is 101 Å². The Labute approximate surface area is 195 Å². The van der Waals surface area contributed by atoms with Crippen molar-refractivity contribution in [2.24, 2.45) is 10.2 Å². The number of methoxy groups -OCH3 is 1. The zero-order chi connectivity index (χ0) is 23.1. The fraction of sp³-hybridized carbons (Fsp3) is 0.0357. The lowest BCUT2D eigenvalue weighted by Gasteiger charge is -2.05. The summed E-state index contributed by atoms with van der Waals surface area (Å²) in [5, 5.41) is 23.2. The summed E-state index contributed by atoms with van der Waals surface area (Å²) < 4.78 is 5.48. The van der Waals surface area contributed by atoms with E-state index < -0.39 is 0 Å². The lowest BCUT2D eigenvalue weighted by Crippen LogP contribution is -1.86. The second kappa shape index (κ2) is 8.01. The highest BCUT2D eigenvalue weighted by Crippen LogP contribution is 2.38. The van der Waals surface area contributed by atoms with E-state index in [1.807, 2.05) is 30.3 Å². The summed E-state index contributed by atoms with van der Waals surface area (Å²) in [7, 11) is 1.59. The van der Waals surface area contributed by atoms with E-state index in [1.54, 1.807) is 31.4 Å². The van der Waals surface area contributed by atoms with E-state index in [2.05, 4.69) is 51.6 Å². The number of azo groups is 1. The summed E-state index contributed by atoms with van der Waals surface area (Å²) in [5.74, 6) is 1.38. The normalized spacial score (nSPS) is 11.7. The molecule has 0 unspecified atom stereocenters. The third-order valence-electron chi connectivity index (χ3n) is 5.97. The van der Waals surface area contributed by atoms with Crippen molar-refractivity contribution in [3.63, 3.8) is 0 Å². The highest BCUT2D eigenvalue weighted by atomic mass is 16.5. The minimum Gasteiger partial charge on any atom is -0.506 e. The molecule has 5 aromatic carbocycles. The molecule has 6 aromatic rings. The molecule has 34 heavy (non-hydrogen) atoms. The quantitative estimate of drug-likeness (QED) is 0.216. The molecular formula is C28H20N4O2. The van der Waals surface area contributed by atoms with Crippen molar-refractivity contribution >= 4 is 44.0 Å². The van der Waals surface area contributed by atoms with Crippen LogP contribution >= 0.6 is 0 Å². The number of aromatic amines is 1. The van der Waals surface area contributed by atoms with Crippen molar-refractivity contribution < 1.29 is 9.84 Å². The predicted molar refractivity (Wildman–Crippen MR) is 135 cm³/mol. The second-order valence-corrected chi connectivity index (χ2v) is 7.98. The maximum Gasteiger partial charge on any atom is 0.146 e. The van der Waals surface area contributed by atoms with Crippen molar-refractivity contribution in [3.8, 4) is 22.9 Å². The van der Waals surface area contributed by atoms with Crippen LogP contribution in [0.25, 0.3) is 44.0 Å². The zero-order valence-electron chi connectivity index (χ0n) is 18.4. The van der Waals surface area contributed by atoms with Gasteiger partial charge < -0.3 is 14.8 Å². The average Bonchev–Trinajstić information content (AvgIpc) is 3.34. The monoisotopic (exact) mass is 444 g/mol. The molecule has 0 aliphatic heterocycles. The van der Waals surface area contributed by atoms with Gasteiger partial charge in [0.15, 0.2) is 0 Å². The Morgan fingerprint density at radius 1 is 0.735 bits per heavy atom. The van der Waals surface area contributed by atoms with E-state index >= 15 is 0 Å². The van der Waals surface area contributed by atoms with Crippen LogP contribution in [-0.4, -0.2) is 22.2 Å². The summed E-state index contributed by atoms with van der Waals surface area (Å²) in [5.41, 5.74) is 3.71. The minimum absolute atomic E-state index is 0.0670. The number of para-hydroxylation sites is 1. The van der Waals surface area contributed by atoms with Crippen LogP contribution in [0.1, 0.15) is 0 Å². The number of phenolic OH excluding ortho intramolecular Hbond substituents is 1. The highest BCUT2D eigenvalue weighted by molar-refractivity contribution is 6.23. The van der Waals surface area contributed by atoms with Crippen molar-refractivity contribution in [2.45, 2.75) is 0 Å². The number of rotatable bonds is 4. The Kier molecular flexibility index (Phi) is 4.70. The topological polar surface area (TPSA) is 82.9 Å².